The summed E-state index contributed by atoms with van der Waals surface area (Å²) in [6.45, 7) is 6.81. The van der Waals surface area contributed by atoms with Crippen LogP contribution in [0.2, 0.25) is 0 Å². The van der Waals surface area contributed by atoms with Gasteiger partial charge in [-0.25, -0.2) is 4.79 Å². The standard InChI is InChI=1S/C18H25NO5/c1-17(2,3)24-16(21)19-11-18(12-22-13-18)9-15(20)23-10-14-7-5-4-6-8-14/h4-8H,9-13H2,1-3H3,(H,19,21). The zero-order chi connectivity index (χ0) is 17.6. The SMILES string of the molecule is CC(C)(C)OC(=O)NCC1(CC(=O)OCc2ccccc2)COC1. The van der Waals surface area contributed by atoms with E-state index in [1.165, 1.54) is 0 Å². The third-order valence-electron chi connectivity index (χ3n) is 3.59. The largest absolute Gasteiger partial charge is 0.461 e. The molecule has 0 unspecified atom stereocenters. The van der Waals surface area contributed by atoms with Crippen molar-refractivity contribution in [1.82, 2.24) is 5.32 Å². The van der Waals surface area contributed by atoms with Crippen molar-refractivity contribution in [1.29, 1.82) is 0 Å². The van der Waals surface area contributed by atoms with Gasteiger partial charge in [0.05, 0.1) is 19.6 Å². The summed E-state index contributed by atoms with van der Waals surface area (Å²) in [6, 6.07) is 9.51. The van der Waals surface area contributed by atoms with Crippen molar-refractivity contribution in [2.45, 2.75) is 39.4 Å². The van der Waals surface area contributed by atoms with Crippen molar-refractivity contribution in [2.24, 2.45) is 5.41 Å². The molecule has 24 heavy (non-hydrogen) atoms. The molecule has 132 valence electrons. The quantitative estimate of drug-likeness (QED) is 0.809. The Morgan fingerprint density at radius 3 is 2.42 bits per heavy atom. The molecule has 1 fully saturated rings. The summed E-state index contributed by atoms with van der Waals surface area (Å²) in [5.74, 6) is -0.298. The molecule has 1 aromatic rings. The normalized spacial score (nSPS) is 16.0. The van der Waals surface area contributed by atoms with Crippen molar-refractivity contribution in [3.05, 3.63) is 35.9 Å². The second-order valence-corrected chi connectivity index (χ2v) is 7.17. The molecule has 0 saturated carbocycles. The van der Waals surface area contributed by atoms with Crippen LogP contribution in [0.25, 0.3) is 0 Å². The average Bonchev–Trinajstić information content (AvgIpc) is 2.47. The lowest BCUT2D eigenvalue weighted by Gasteiger charge is -2.40. The molecular formula is C18H25NO5. The van der Waals surface area contributed by atoms with E-state index in [-0.39, 0.29) is 19.0 Å². The molecule has 2 rings (SSSR count). The maximum absolute atomic E-state index is 12.1. The molecule has 0 radical (unpaired) electrons. The van der Waals surface area contributed by atoms with Crippen LogP contribution >= 0.6 is 0 Å². The van der Waals surface area contributed by atoms with Crippen LogP contribution in [0, 0.1) is 5.41 Å². The first-order valence-electron chi connectivity index (χ1n) is 8.02. The van der Waals surface area contributed by atoms with Crippen molar-refractivity contribution >= 4 is 12.1 Å². The number of esters is 1. The van der Waals surface area contributed by atoms with E-state index >= 15 is 0 Å². The van der Waals surface area contributed by atoms with Crippen molar-refractivity contribution in [2.75, 3.05) is 19.8 Å². The lowest BCUT2D eigenvalue weighted by molar-refractivity contribution is -0.162. The first kappa shape index (κ1) is 18.3. The molecule has 0 atom stereocenters. The number of nitrogens with one attached hydrogen (secondary N) is 1. The Morgan fingerprint density at radius 1 is 1.21 bits per heavy atom. The van der Waals surface area contributed by atoms with E-state index in [0.717, 1.165) is 5.56 Å². The third kappa shape index (κ3) is 5.85. The number of hydrogen-bond donors (Lipinski definition) is 1. The number of hydrogen-bond acceptors (Lipinski definition) is 5. The molecule has 1 amide bonds. The van der Waals surface area contributed by atoms with Crippen LogP contribution in [0.1, 0.15) is 32.8 Å². The molecule has 0 aromatic heterocycles. The molecule has 0 aliphatic carbocycles. The fourth-order valence-corrected chi connectivity index (χ4v) is 2.33. The zero-order valence-electron chi connectivity index (χ0n) is 14.5. The van der Waals surface area contributed by atoms with E-state index in [4.69, 9.17) is 14.2 Å². The first-order valence-corrected chi connectivity index (χ1v) is 8.02. The van der Waals surface area contributed by atoms with Gasteiger partial charge in [-0.05, 0) is 26.3 Å². The van der Waals surface area contributed by atoms with Gasteiger partial charge >= 0.3 is 12.1 Å². The number of benzene rings is 1. The molecule has 6 nitrogen and oxygen atoms in total. The van der Waals surface area contributed by atoms with Gasteiger partial charge in [-0.2, -0.15) is 0 Å². The maximum Gasteiger partial charge on any atom is 0.407 e. The van der Waals surface area contributed by atoms with E-state index in [1.807, 2.05) is 30.3 Å². The summed E-state index contributed by atoms with van der Waals surface area (Å²) < 4.78 is 15.7. The fourth-order valence-electron chi connectivity index (χ4n) is 2.33. The van der Waals surface area contributed by atoms with E-state index in [9.17, 15) is 9.59 Å². The Hall–Kier alpha value is -2.08. The number of alkyl carbamates (subject to hydrolysis) is 1. The van der Waals surface area contributed by atoms with Crippen molar-refractivity contribution in [3.63, 3.8) is 0 Å². The maximum atomic E-state index is 12.1. The summed E-state index contributed by atoms with van der Waals surface area (Å²) in [4.78, 5) is 23.8. The highest BCUT2D eigenvalue weighted by Gasteiger charge is 2.41. The van der Waals surface area contributed by atoms with Crippen LogP contribution in [-0.2, 0) is 25.6 Å². The van der Waals surface area contributed by atoms with Crippen LogP contribution < -0.4 is 5.32 Å². The number of amides is 1. The van der Waals surface area contributed by atoms with Gasteiger partial charge in [0.15, 0.2) is 0 Å². The van der Waals surface area contributed by atoms with E-state index in [0.29, 0.717) is 19.8 Å². The minimum atomic E-state index is -0.554. The minimum absolute atomic E-state index is 0.204. The summed E-state index contributed by atoms with van der Waals surface area (Å²) in [5.41, 5.74) is -0.0243. The molecule has 6 heteroatoms. The lowest BCUT2D eigenvalue weighted by atomic mass is 9.82. The van der Waals surface area contributed by atoms with E-state index in [1.54, 1.807) is 20.8 Å². The minimum Gasteiger partial charge on any atom is -0.461 e. The smallest absolute Gasteiger partial charge is 0.407 e. The highest BCUT2D eigenvalue weighted by atomic mass is 16.6. The van der Waals surface area contributed by atoms with Crippen LogP contribution in [0.4, 0.5) is 4.79 Å². The molecule has 1 saturated heterocycles. The van der Waals surface area contributed by atoms with Crippen LogP contribution in [0.3, 0.4) is 0 Å². The lowest BCUT2D eigenvalue weighted by Crippen LogP contribution is -2.52. The molecule has 1 heterocycles. The zero-order valence-corrected chi connectivity index (χ0v) is 14.5. The Morgan fingerprint density at radius 2 is 1.88 bits per heavy atom. The van der Waals surface area contributed by atoms with Gasteiger partial charge in [-0.1, -0.05) is 30.3 Å². The third-order valence-corrected chi connectivity index (χ3v) is 3.59. The highest BCUT2D eigenvalue weighted by molar-refractivity contribution is 5.71. The van der Waals surface area contributed by atoms with Crippen molar-refractivity contribution in [3.8, 4) is 0 Å². The van der Waals surface area contributed by atoms with Gasteiger partial charge in [-0.15, -0.1) is 0 Å². The van der Waals surface area contributed by atoms with E-state index in [2.05, 4.69) is 5.32 Å². The molecule has 1 aliphatic heterocycles. The monoisotopic (exact) mass is 335 g/mol. The predicted octanol–water partition coefficient (Wildman–Crippen LogP) is 2.66. The Kier molecular flexibility index (Phi) is 5.83. The number of rotatable bonds is 6. The topological polar surface area (TPSA) is 73.9 Å². The fraction of sp³-hybridized carbons (Fsp3) is 0.556. The molecule has 1 N–H and O–H groups in total. The second-order valence-electron chi connectivity index (χ2n) is 7.17. The van der Waals surface area contributed by atoms with Gasteiger partial charge in [0, 0.05) is 12.0 Å². The Bertz CT molecular complexity index is 561. The van der Waals surface area contributed by atoms with Gasteiger partial charge in [0.1, 0.15) is 12.2 Å². The van der Waals surface area contributed by atoms with Gasteiger partial charge in [0.25, 0.3) is 0 Å². The summed E-state index contributed by atoms with van der Waals surface area (Å²) in [6.07, 6.45) is -0.290. The van der Waals surface area contributed by atoms with Gasteiger partial charge in [0.2, 0.25) is 0 Å². The van der Waals surface area contributed by atoms with Gasteiger partial charge in [-0.3, -0.25) is 4.79 Å². The molecule has 1 aliphatic rings. The van der Waals surface area contributed by atoms with Gasteiger partial charge < -0.3 is 19.5 Å². The Labute approximate surface area is 142 Å². The molecule has 0 bridgehead atoms. The predicted molar refractivity (Wildman–Crippen MR) is 88.3 cm³/mol. The average molecular weight is 335 g/mol. The number of carbonyl (C=O) groups is 2. The molecule has 0 spiro atoms. The summed E-state index contributed by atoms with van der Waals surface area (Å²) >= 11 is 0. The summed E-state index contributed by atoms with van der Waals surface area (Å²) in [5, 5.41) is 2.71. The number of ether oxygens (including phenoxy) is 3. The van der Waals surface area contributed by atoms with Crippen molar-refractivity contribution < 1.29 is 23.8 Å². The Balaban J connectivity index is 1.77. The van der Waals surface area contributed by atoms with Crippen LogP contribution in [0.15, 0.2) is 30.3 Å². The van der Waals surface area contributed by atoms with E-state index < -0.39 is 17.1 Å². The molecular weight excluding hydrogens is 310 g/mol. The van der Waals surface area contributed by atoms with Crippen LogP contribution in [-0.4, -0.2) is 37.4 Å². The summed E-state index contributed by atoms with van der Waals surface area (Å²) in [7, 11) is 0. The first-order chi connectivity index (χ1) is 11.3. The van der Waals surface area contributed by atoms with Crippen LogP contribution in [0.5, 0.6) is 0 Å². The highest BCUT2D eigenvalue weighted by Crippen LogP contribution is 2.31. The second kappa shape index (κ2) is 7.66. The number of carbonyl (C=O) groups excluding carboxylic acids is 2. The molecule has 1 aromatic carbocycles.